The molecule has 1 atom stereocenters. The molecule has 7 nitrogen and oxygen atoms in total. The van der Waals surface area contributed by atoms with Crippen molar-refractivity contribution in [3.63, 3.8) is 0 Å². The second-order valence-corrected chi connectivity index (χ2v) is 8.95. The first kappa shape index (κ1) is 29.0. The van der Waals surface area contributed by atoms with Gasteiger partial charge in [0.15, 0.2) is 11.5 Å². The molecule has 0 bridgehead atoms. The fourth-order valence-electron chi connectivity index (χ4n) is 4.05. The number of carbonyl (C=O) groups excluding carboxylic acids is 1. The SMILES string of the molecule is CCOC(=O)CCCCCCOc1cc2c(N[C@H](C)c3cccc(C(F)(F)F)c3)nc(C)nc2cc1OC. The molecule has 1 N–H and O–H groups in total. The summed E-state index contributed by atoms with van der Waals surface area (Å²) in [5, 5.41) is 3.91. The minimum atomic E-state index is -4.42. The fourth-order valence-corrected chi connectivity index (χ4v) is 4.05. The van der Waals surface area contributed by atoms with Crippen LogP contribution in [-0.2, 0) is 15.7 Å². The summed E-state index contributed by atoms with van der Waals surface area (Å²) in [6.07, 6.45) is -0.635. The van der Waals surface area contributed by atoms with Crippen molar-refractivity contribution < 1.29 is 32.2 Å². The maximum absolute atomic E-state index is 13.2. The van der Waals surface area contributed by atoms with Gasteiger partial charge in [0.05, 0.1) is 31.4 Å². The Morgan fingerprint density at radius 2 is 1.82 bits per heavy atom. The van der Waals surface area contributed by atoms with E-state index in [1.54, 1.807) is 46.1 Å². The number of fused-ring (bicyclic) bond motifs is 1. The highest BCUT2D eigenvalue weighted by Crippen LogP contribution is 2.36. The molecular weight excluding hydrogens is 499 g/mol. The summed E-state index contributed by atoms with van der Waals surface area (Å²) in [5.41, 5.74) is 0.408. The predicted octanol–water partition coefficient (Wildman–Crippen LogP) is 7.03. The molecule has 0 amide bonds. The van der Waals surface area contributed by atoms with Crippen molar-refractivity contribution in [2.45, 2.75) is 65.1 Å². The first-order chi connectivity index (χ1) is 18.1. The molecule has 0 aliphatic carbocycles. The van der Waals surface area contributed by atoms with Gasteiger partial charge in [0, 0.05) is 23.9 Å². The van der Waals surface area contributed by atoms with Gasteiger partial charge in [0.1, 0.15) is 11.6 Å². The third-order valence-corrected chi connectivity index (χ3v) is 6.00. The van der Waals surface area contributed by atoms with Gasteiger partial charge in [-0.15, -0.1) is 0 Å². The normalized spacial score (nSPS) is 12.3. The Hall–Kier alpha value is -3.56. The van der Waals surface area contributed by atoms with Crippen LogP contribution in [0.4, 0.5) is 19.0 Å². The van der Waals surface area contributed by atoms with Crippen molar-refractivity contribution in [1.82, 2.24) is 9.97 Å². The van der Waals surface area contributed by atoms with E-state index in [4.69, 9.17) is 14.2 Å². The molecule has 0 unspecified atom stereocenters. The van der Waals surface area contributed by atoms with E-state index < -0.39 is 17.8 Å². The number of hydrogen-bond donors (Lipinski definition) is 1. The van der Waals surface area contributed by atoms with Crippen LogP contribution in [0.3, 0.4) is 0 Å². The quantitative estimate of drug-likeness (QED) is 0.187. The molecule has 1 aromatic heterocycles. The van der Waals surface area contributed by atoms with Crippen molar-refractivity contribution in [1.29, 1.82) is 0 Å². The Balaban J connectivity index is 1.72. The molecule has 0 saturated heterocycles. The molecule has 0 fully saturated rings. The van der Waals surface area contributed by atoms with E-state index in [0.717, 1.165) is 37.8 Å². The number of nitrogens with one attached hydrogen (secondary N) is 1. The maximum Gasteiger partial charge on any atom is 0.416 e. The Bertz CT molecular complexity index is 1230. The number of benzene rings is 2. The zero-order valence-corrected chi connectivity index (χ0v) is 22.2. The van der Waals surface area contributed by atoms with E-state index in [9.17, 15) is 18.0 Å². The number of aryl methyl sites for hydroxylation is 1. The smallest absolute Gasteiger partial charge is 0.416 e. The van der Waals surface area contributed by atoms with Crippen LogP contribution in [0.1, 0.15) is 68.9 Å². The topological polar surface area (TPSA) is 82.6 Å². The average Bonchev–Trinajstić information content (AvgIpc) is 2.87. The number of aromatic nitrogens is 2. The lowest BCUT2D eigenvalue weighted by molar-refractivity contribution is -0.143. The molecule has 10 heteroatoms. The predicted molar refractivity (Wildman–Crippen MR) is 140 cm³/mol. The second kappa shape index (κ2) is 13.3. The number of hydrogen-bond acceptors (Lipinski definition) is 7. The summed E-state index contributed by atoms with van der Waals surface area (Å²) in [4.78, 5) is 20.4. The van der Waals surface area contributed by atoms with Crippen molar-refractivity contribution in [2.24, 2.45) is 0 Å². The van der Waals surface area contributed by atoms with Gasteiger partial charge >= 0.3 is 12.1 Å². The van der Waals surface area contributed by atoms with Crippen LogP contribution in [0.2, 0.25) is 0 Å². The highest BCUT2D eigenvalue weighted by atomic mass is 19.4. The minimum absolute atomic E-state index is 0.172. The van der Waals surface area contributed by atoms with Crippen LogP contribution in [-0.4, -0.2) is 36.3 Å². The standard InChI is InChI=1S/C28H34F3N3O4/c1-5-37-26(35)13-8-6-7-9-14-38-25-16-22-23(17-24(25)36-4)33-19(3)34-27(22)32-18(2)20-11-10-12-21(15-20)28(29,30)31/h10-12,15-18H,5-9,13-14H2,1-4H3,(H,32,33,34)/t18-/m1/s1. The number of halogens is 3. The van der Waals surface area contributed by atoms with E-state index in [0.29, 0.717) is 59.2 Å². The van der Waals surface area contributed by atoms with Crippen LogP contribution in [0, 0.1) is 6.92 Å². The van der Waals surface area contributed by atoms with Crippen LogP contribution in [0.15, 0.2) is 36.4 Å². The van der Waals surface area contributed by atoms with Crippen LogP contribution >= 0.6 is 0 Å². The van der Waals surface area contributed by atoms with Gasteiger partial charge in [-0.05, 0) is 57.4 Å². The first-order valence-electron chi connectivity index (χ1n) is 12.7. The third kappa shape index (κ3) is 7.97. The van der Waals surface area contributed by atoms with E-state index in [-0.39, 0.29) is 5.97 Å². The maximum atomic E-state index is 13.2. The Morgan fingerprint density at radius 3 is 2.53 bits per heavy atom. The summed E-state index contributed by atoms with van der Waals surface area (Å²) >= 11 is 0. The summed E-state index contributed by atoms with van der Waals surface area (Å²) in [5.74, 6) is 1.87. The molecule has 0 saturated carbocycles. The molecule has 0 aliphatic rings. The minimum Gasteiger partial charge on any atom is -0.493 e. The number of anilines is 1. The van der Waals surface area contributed by atoms with E-state index in [1.807, 2.05) is 0 Å². The highest BCUT2D eigenvalue weighted by molar-refractivity contribution is 5.92. The molecule has 2 aromatic carbocycles. The molecule has 3 rings (SSSR count). The largest absolute Gasteiger partial charge is 0.493 e. The molecule has 0 radical (unpaired) electrons. The van der Waals surface area contributed by atoms with E-state index in [2.05, 4.69) is 15.3 Å². The number of unbranched alkanes of at least 4 members (excludes halogenated alkanes) is 3. The zero-order chi connectivity index (χ0) is 27.7. The number of carbonyl (C=O) groups is 1. The van der Waals surface area contributed by atoms with Crippen molar-refractivity contribution in [2.75, 3.05) is 25.6 Å². The lowest BCUT2D eigenvalue weighted by Gasteiger charge is -2.19. The van der Waals surface area contributed by atoms with Crippen molar-refractivity contribution in [3.8, 4) is 11.5 Å². The highest BCUT2D eigenvalue weighted by Gasteiger charge is 2.30. The Labute approximate surface area is 220 Å². The van der Waals surface area contributed by atoms with E-state index >= 15 is 0 Å². The lowest BCUT2D eigenvalue weighted by atomic mass is 10.0. The van der Waals surface area contributed by atoms with Gasteiger partial charge in [-0.1, -0.05) is 25.0 Å². The molecule has 3 aromatic rings. The summed E-state index contributed by atoms with van der Waals surface area (Å²) in [6.45, 7) is 6.17. The summed E-state index contributed by atoms with van der Waals surface area (Å²) in [7, 11) is 1.55. The van der Waals surface area contributed by atoms with Crippen LogP contribution in [0.25, 0.3) is 10.9 Å². The van der Waals surface area contributed by atoms with Crippen molar-refractivity contribution in [3.05, 3.63) is 53.3 Å². The number of methoxy groups -OCH3 is 1. The van der Waals surface area contributed by atoms with Crippen LogP contribution < -0.4 is 14.8 Å². The molecule has 206 valence electrons. The summed E-state index contributed by atoms with van der Waals surface area (Å²) < 4.78 is 56.0. The molecule has 1 heterocycles. The molecular formula is C28H34F3N3O4. The number of rotatable bonds is 13. The monoisotopic (exact) mass is 533 g/mol. The third-order valence-electron chi connectivity index (χ3n) is 6.00. The van der Waals surface area contributed by atoms with Gasteiger partial charge in [-0.25, -0.2) is 9.97 Å². The van der Waals surface area contributed by atoms with Gasteiger partial charge in [-0.2, -0.15) is 13.2 Å². The van der Waals surface area contributed by atoms with E-state index in [1.165, 1.54) is 6.07 Å². The fraction of sp³-hybridized carbons (Fsp3) is 0.464. The Kier molecular flexibility index (Phi) is 10.2. The number of nitrogens with zero attached hydrogens (tertiary/aromatic N) is 2. The van der Waals surface area contributed by atoms with Gasteiger partial charge in [0.2, 0.25) is 0 Å². The van der Waals surface area contributed by atoms with Gasteiger partial charge in [0.25, 0.3) is 0 Å². The zero-order valence-electron chi connectivity index (χ0n) is 22.2. The van der Waals surface area contributed by atoms with Crippen LogP contribution in [0.5, 0.6) is 11.5 Å². The first-order valence-corrected chi connectivity index (χ1v) is 12.7. The molecule has 0 spiro atoms. The molecule has 38 heavy (non-hydrogen) atoms. The van der Waals surface area contributed by atoms with Gasteiger partial charge in [-0.3, -0.25) is 4.79 Å². The molecule has 0 aliphatic heterocycles. The Morgan fingerprint density at radius 1 is 1.05 bits per heavy atom. The van der Waals surface area contributed by atoms with Crippen molar-refractivity contribution >= 4 is 22.7 Å². The summed E-state index contributed by atoms with van der Waals surface area (Å²) in [6, 6.07) is 8.33. The lowest BCUT2D eigenvalue weighted by Crippen LogP contribution is -2.12. The number of alkyl halides is 3. The number of esters is 1. The van der Waals surface area contributed by atoms with Gasteiger partial charge < -0.3 is 19.5 Å². The second-order valence-electron chi connectivity index (χ2n) is 8.95. The number of ether oxygens (including phenoxy) is 3. The average molecular weight is 534 g/mol.